The summed E-state index contributed by atoms with van der Waals surface area (Å²) in [7, 11) is 1.62. The maximum Gasteiger partial charge on any atom is 0.251 e. The third kappa shape index (κ3) is 4.75. The highest BCUT2D eigenvalue weighted by Crippen LogP contribution is 2.28. The van der Waals surface area contributed by atoms with E-state index in [2.05, 4.69) is 21.5 Å². The van der Waals surface area contributed by atoms with Crippen molar-refractivity contribution in [2.75, 3.05) is 20.2 Å². The summed E-state index contributed by atoms with van der Waals surface area (Å²) in [4.78, 5) is 24.8. The largest absolute Gasteiger partial charge is 0.496 e. The van der Waals surface area contributed by atoms with E-state index in [1.54, 1.807) is 19.2 Å². The first-order valence-electron chi connectivity index (χ1n) is 9.95. The fraction of sp³-hybridized carbons (Fsp3) is 0.364. The maximum atomic E-state index is 12.6. The Bertz CT molecular complexity index is 905. The van der Waals surface area contributed by atoms with E-state index in [1.165, 1.54) is 0 Å². The number of methoxy groups -OCH3 is 1. The highest BCUT2D eigenvalue weighted by Gasteiger charge is 2.24. The first kappa shape index (κ1) is 19.4. The van der Waals surface area contributed by atoms with Gasteiger partial charge in [0, 0.05) is 42.7 Å². The standard InChI is InChI=1S/C22H26N4O3/c1-29-20-10-16(5-8-19(20)17-12-24-25-13-17)21(27)23-11-14-3-2-4-15(9-14)22(28)26-18-6-7-18/h2-5,8-10,17-18,24-25H,6-7,11-13H2,1H3,(H,23,27)(H,26,28). The number of nitrogens with one attached hydrogen (secondary N) is 4. The van der Waals surface area contributed by atoms with E-state index in [1.807, 2.05) is 30.3 Å². The van der Waals surface area contributed by atoms with Crippen LogP contribution in [0.2, 0.25) is 0 Å². The second-order valence-electron chi connectivity index (χ2n) is 7.55. The lowest BCUT2D eigenvalue weighted by Crippen LogP contribution is -2.26. The van der Waals surface area contributed by atoms with Crippen LogP contribution in [0.3, 0.4) is 0 Å². The average molecular weight is 394 g/mol. The van der Waals surface area contributed by atoms with Crippen LogP contribution in [0.1, 0.15) is 50.6 Å². The van der Waals surface area contributed by atoms with Gasteiger partial charge in [0.25, 0.3) is 11.8 Å². The number of ether oxygens (including phenoxy) is 1. The average Bonchev–Trinajstić information content (AvgIpc) is 3.40. The van der Waals surface area contributed by atoms with Crippen LogP contribution >= 0.6 is 0 Å². The van der Waals surface area contributed by atoms with Gasteiger partial charge in [-0.05, 0) is 48.2 Å². The Kier molecular flexibility index (Phi) is 5.78. The Balaban J connectivity index is 1.39. The molecule has 2 aliphatic rings. The molecule has 1 saturated carbocycles. The summed E-state index contributed by atoms with van der Waals surface area (Å²) in [5.41, 5.74) is 9.35. The van der Waals surface area contributed by atoms with Crippen molar-refractivity contribution in [3.8, 4) is 5.75 Å². The second kappa shape index (κ2) is 8.63. The lowest BCUT2D eigenvalue weighted by atomic mass is 9.97. The smallest absolute Gasteiger partial charge is 0.251 e. The van der Waals surface area contributed by atoms with E-state index in [9.17, 15) is 9.59 Å². The molecule has 0 spiro atoms. The molecule has 0 bridgehead atoms. The summed E-state index contributed by atoms with van der Waals surface area (Å²) in [6.45, 7) is 2.00. The van der Waals surface area contributed by atoms with Gasteiger partial charge in [0.2, 0.25) is 0 Å². The summed E-state index contributed by atoms with van der Waals surface area (Å²) < 4.78 is 5.51. The van der Waals surface area contributed by atoms with Gasteiger partial charge in [0.05, 0.1) is 7.11 Å². The first-order chi connectivity index (χ1) is 14.1. The molecule has 4 N–H and O–H groups in total. The van der Waals surface area contributed by atoms with E-state index >= 15 is 0 Å². The number of carbonyl (C=O) groups is 2. The first-order valence-corrected chi connectivity index (χ1v) is 9.95. The SMILES string of the molecule is COc1cc(C(=O)NCc2cccc(C(=O)NC3CC3)c2)ccc1C1CNNC1. The molecule has 0 atom stereocenters. The number of hydrogen-bond acceptors (Lipinski definition) is 5. The topological polar surface area (TPSA) is 91.5 Å². The van der Waals surface area contributed by atoms with Crippen molar-refractivity contribution in [2.24, 2.45) is 0 Å². The molecule has 2 aromatic rings. The van der Waals surface area contributed by atoms with Crippen molar-refractivity contribution >= 4 is 11.8 Å². The maximum absolute atomic E-state index is 12.6. The number of rotatable bonds is 7. The summed E-state index contributed by atoms with van der Waals surface area (Å²) in [5, 5.41) is 5.90. The Hall–Kier alpha value is -2.90. The van der Waals surface area contributed by atoms with Crippen molar-refractivity contribution in [1.29, 1.82) is 0 Å². The van der Waals surface area contributed by atoms with E-state index in [0.717, 1.165) is 37.1 Å². The molecule has 0 aromatic heterocycles. The van der Waals surface area contributed by atoms with Gasteiger partial charge in [-0.25, -0.2) is 0 Å². The number of hydrazine groups is 1. The summed E-state index contributed by atoms with van der Waals surface area (Å²) in [5.74, 6) is 0.792. The van der Waals surface area contributed by atoms with Gasteiger partial charge in [-0.15, -0.1) is 0 Å². The molecule has 1 saturated heterocycles. The van der Waals surface area contributed by atoms with Crippen molar-refractivity contribution in [3.63, 3.8) is 0 Å². The second-order valence-corrected chi connectivity index (χ2v) is 7.55. The Morgan fingerprint density at radius 2 is 1.79 bits per heavy atom. The number of hydrogen-bond donors (Lipinski definition) is 4. The minimum Gasteiger partial charge on any atom is -0.496 e. The predicted molar refractivity (Wildman–Crippen MR) is 110 cm³/mol. The number of amides is 2. The predicted octanol–water partition coefficient (Wildman–Crippen LogP) is 1.71. The highest BCUT2D eigenvalue weighted by atomic mass is 16.5. The summed E-state index contributed by atoms with van der Waals surface area (Å²) >= 11 is 0. The molecule has 152 valence electrons. The van der Waals surface area contributed by atoms with Gasteiger partial charge in [-0.3, -0.25) is 20.4 Å². The molecule has 2 aromatic carbocycles. The van der Waals surface area contributed by atoms with Gasteiger partial charge >= 0.3 is 0 Å². The fourth-order valence-electron chi connectivity index (χ4n) is 3.48. The van der Waals surface area contributed by atoms with Crippen molar-refractivity contribution < 1.29 is 14.3 Å². The number of carbonyl (C=O) groups excluding carboxylic acids is 2. The quantitative estimate of drug-likeness (QED) is 0.574. The molecular formula is C22H26N4O3. The van der Waals surface area contributed by atoms with Gasteiger partial charge < -0.3 is 15.4 Å². The molecule has 4 rings (SSSR count). The Morgan fingerprint density at radius 3 is 2.52 bits per heavy atom. The van der Waals surface area contributed by atoms with Crippen LogP contribution in [0, 0.1) is 0 Å². The summed E-state index contributed by atoms with van der Waals surface area (Å²) in [6.07, 6.45) is 2.11. The molecule has 1 aliphatic heterocycles. The van der Waals surface area contributed by atoms with Crippen molar-refractivity contribution in [2.45, 2.75) is 31.3 Å². The molecule has 0 radical (unpaired) electrons. The minimum absolute atomic E-state index is 0.0584. The molecule has 7 nitrogen and oxygen atoms in total. The lowest BCUT2D eigenvalue weighted by molar-refractivity contribution is 0.0945. The van der Waals surface area contributed by atoms with E-state index < -0.39 is 0 Å². The van der Waals surface area contributed by atoms with Gasteiger partial charge in [0.15, 0.2) is 0 Å². The van der Waals surface area contributed by atoms with E-state index in [4.69, 9.17) is 4.74 Å². The lowest BCUT2D eigenvalue weighted by Gasteiger charge is -2.15. The van der Waals surface area contributed by atoms with Crippen LogP contribution in [0.15, 0.2) is 42.5 Å². The molecule has 2 fully saturated rings. The summed E-state index contributed by atoms with van der Waals surface area (Å²) in [6, 6.07) is 13.2. The van der Waals surface area contributed by atoms with Gasteiger partial charge in [-0.2, -0.15) is 0 Å². The highest BCUT2D eigenvalue weighted by molar-refractivity contribution is 5.95. The van der Waals surface area contributed by atoms with Crippen LogP contribution in [-0.4, -0.2) is 38.1 Å². The number of benzene rings is 2. The van der Waals surface area contributed by atoms with E-state index in [-0.39, 0.29) is 11.8 Å². The third-order valence-corrected chi connectivity index (χ3v) is 5.31. The van der Waals surface area contributed by atoms with Crippen LogP contribution < -0.4 is 26.2 Å². The molecule has 1 aliphatic carbocycles. The fourth-order valence-corrected chi connectivity index (χ4v) is 3.48. The molecular weight excluding hydrogens is 368 g/mol. The van der Waals surface area contributed by atoms with Crippen LogP contribution in [0.25, 0.3) is 0 Å². The van der Waals surface area contributed by atoms with E-state index in [0.29, 0.717) is 35.4 Å². The molecule has 29 heavy (non-hydrogen) atoms. The van der Waals surface area contributed by atoms with Crippen LogP contribution in [-0.2, 0) is 6.54 Å². The van der Waals surface area contributed by atoms with Crippen molar-refractivity contribution in [3.05, 3.63) is 64.7 Å². The zero-order chi connectivity index (χ0) is 20.2. The molecule has 1 heterocycles. The van der Waals surface area contributed by atoms with Gasteiger partial charge in [0.1, 0.15) is 5.75 Å². The Morgan fingerprint density at radius 1 is 1.03 bits per heavy atom. The third-order valence-electron chi connectivity index (χ3n) is 5.31. The monoisotopic (exact) mass is 394 g/mol. The minimum atomic E-state index is -0.176. The normalized spacial score (nSPS) is 16.4. The zero-order valence-electron chi connectivity index (χ0n) is 16.5. The Labute approximate surface area is 170 Å². The molecule has 7 heteroatoms. The zero-order valence-corrected chi connectivity index (χ0v) is 16.5. The molecule has 0 unspecified atom stereocenters. The van der Waals surface area contributed by atoms with Gasteiger partial charge in [-0.1, -0.05) is 18.2 Å². The van der Waals surface area contributed by atoms with Crippen LogP contribution in [0.4, 0.5) is 0 Å². The van der Waals surface area contributed by atoms with Crippen molar-refractivity contribution in [1.82, 2.24) is 21.5 Å². The molecule has 2 amide bonds. The van der Waals surface area contributed by atoms with Crippen LogP contribution in [0.5, 0.6) is 5.75 Å².